The summed E-state index contributed by atoms with van der Waals surface area (Å²) in [5, 5.41) is 3.37. The highest BCUT2D eigenvalue weighted by Gasteiger charge is 2.54. The highest BCUT2D eigenvalue weighted by atomic mass is 16.5. The molecular weight excluding hydrogens is 342 g/mol. The molecule has 0 bridgehead atoms. The summed E-state index contributed by atoms with van der Waals surface area (Å²) in [5.74, 6) is 2.10. The van der Waals surface area contributed by atoms with Crippen LogP contribution in [0.5, 0.6) is 5.75 Å². The highest BCUT2D eigenvalue weighted by molar-refractivity contribution is 5.95. The summed E-state index contributed by atoms with van der Waals surface area (Å²) in [6.07, 6.45) is 3.85. The lowest BCUT2D eigenvalue weighted by molar-refractivity contribution is -0.117. The molecule has 27 heavy (non-hydrogen) atoms. The number of nitrogens with zero attached hydrogens (tertiary/aromatic N) is 2. The Morgan fingerprint density at radius 3 is 3.00 bits per heavy atom. The molecule has 0 aliphatic carbocycles. The number of carbonyl (C=O) groups is 1. The van der Waals surface area contributed by atoms with Crippen molar-refractivity contribution in [1.82, 2.24) is 9.88 Å². The van der Waals surface area contributed by atoms with Gasteiger partial charge in [-0.25, -0.2) is 4.98 Å². The Morgan fingerprint density at radius 1 is 1.33 bits per heavy atom. The van der Waals surface area contributed by atoms with Gasteiger partial charge in [0, 0.05) is 24.9 Å². The van der Waals surface area contributed by atoms with Crippen molar-refractivity contribution in [3.8, 4) is 5.75 Å². The van der Waals surface area contributed by atoms with Crippen molar-refractivity contribution >= 4 is 11.7 Å². The van der Waals surface area contributed by atoms with Gasteiger partial charge in [-0.2, -0.15) is 0 Å². The predicted octanol–water partition coefficient (Wildman–Crippen LogP) is 2.82. The number of rotatable bonds is 6. The second kappa shape index (κ2) is 7.56. The third-order valence-electron chi connectivity index (χ3n) is 5.58. The molecule has 3 heterocycles. The lowest BCUT2D eigenvalue weighted by Gasteiger charge is -2.50. The van der Waals surface area contributed by atoms with Crippen LogP contribution in [0.25, 0.3) is 0 Å². The molecule has 1 aromatic heterocycles. The number of likely N-dealkylation sites (tertiary alicyclic amines) is 1. The van der Waals surface area contributed by atoms with Gasteiger partial charge in [-0.05, 0) is 49.1 Å². The fourth-order valence-electron chi connectivity index (χ4n) is 4.07. The van der Waals surface area contributed by atoms with Crippen molar-refractivity contribution in [1.29, 1.82) is 0 Å². The van der Waals surface area contributed by atoms with E-state index in [4.69, 9.17) is 9.47 Å². The average molecular weight is 367 g/mol. The van der Waals surface area contributed by atoms with Crippen LogP contribution in [0.1, 0.15) is 23.2 Å². The summed E-state index contributed by atoms with van der Waals surface area (Å²) < 4.78 is 11.3. The van der Waals surface area contributed by atoms with E-state index < -0.39 is 0 Å². The van der Waals surface area contributed by atoms with Crippen LogP contribution in [0.2, 0.25) is 0 Å². The molecule has 2 fully saturated rings. The standard InChI is InChI=1S/C21H25N3O3/c1-26-18-6-4-5-16(13-18)20(25)24-14-21(15-24)17(9-12-27-21)8-11-23-19-7-2-3-10-22-19/h2-7,10,13,17H,8-9,11-12,14-15H2,1H3,(H,22,23)/t17-/m0/s1. The Balaban J connectivity index is 1.32. The van der Waals surface area contributed by atoms with Gasteiger partial charge >= 0.3 is 0 Å². The number of anilines is 1. The first-order valence-electron chi connectivity index (χ1n) is 9.42. The first-order chi connectivity index (χ1) is 13.2. The number of carbonyl (C=O) groups excluding carboxylic acids is 1. The van der Waals surface area contributed by atoms with Gasteiger partial charge in [0.15, 0.2) is 0 Å². The van der Waals surface area contributed by atoms with Gasteiger partial charge in [-0.1, -0.05) is 12.1 Å². The topological polar surface area (TPSA) is 63.7 Å². The third-order valence-corrected chi connectivity index (χ3v) is 5.58. The monoisotopic (exact) mass is 367 g/mol. The number of aromatic nitrogens is 1. The van der Waals surface area contributed by atoms with Crippen molar-refractivity contribution in [2.24, 2.45) is 5.92 Å². The van der Waals surface area contributed by atoms with Crippen LogP contribution < -0.4 is 10.1 Å². The number of ether oxygens (including phenoxy) is 2. The van der Waals surface area contributed by atoms with Crippen LogP contribution in [0, 0.1) is 5.92 Å². The number of hydrogen-bond donors (Lipinski definition) is 1. The average Bonchev–Trinajstić information content (AvgIpc) is 3.11. The molecule has 2 saturated heterocycles. The maximum Gasteiger partial charge on any atom is 0.254 e. The fraction of sp³-hybridized carbons (Fsp3) is 0.429. The van der Waals surface area contributed by atoms with E-state index in [9.17, 15) is 4.79 Å². The maximum atomic E-state index is 12.7. The lowest BCUT2D eigenvalue weighted by atomic mass is 9.78. The smallest absolute Gasteiger partial charge is 0.254 e. The van der Waals surface area contributed by atoms with Crippen molar-refractivity contribution in [3.63, 3.8) is 0 Å². The summed E-state index contributed by atoms with van der Waals surface area (Å²) in [6, 6.07) is 13.2. The van der Waals surface area contributed by atoms with Gasteiger partial charge in [0.25, 0.3) is 5.91 Å². The highest BCUT2D eigenvalue weighted by Crippen LogP contribution is 2.42. The van der Waals surface area contributed by atoms with Crippen LogP contribution in [-0.2, 0) is 4.74 Å². The SMILES string of the molecule is COc1cccc(C(=O)N2CC3(C2)OCC[C@@H]3CCNc2ccccn2)c1. The third kappa shape index (κ3) is 3.62. The number of hydrogen-bond acceptors (Lipinski definition) is 5. The van der Waals surface area contributed by atoms with E-state index in [0.717, 1.165) is 31.8 Å². The van der Waals surface area contributed by atoms with Crippen molar-refractivity contribution in [3.05, 3.63) is 54.2 Å². The summed E-state index contributed by atoms with van der Waals surface area (Å²) in [5.41, 5.74) is 0.482. The second-order valence-corrected chi connectivity index (χ2v) is 7.22. The molecule has 1 aromatic carbocycles. The summed E-state index contributed by atoms with van der Waals surface area (Å²) >= 11 is 0. The van der Waals surface area contributed by atoms with Crippen LogP contribution in [0.15, 0.2) is 48.7 Å². The molecule has 2 aromatic rings. The molecule has 1 amide bonds. The van der Waals surface area contributed by atoms with E-state index in [0.29, 0.717) is 30.3 Å². The molecule has 142 valence electrons. The molecular formula is C21H25N3O3. The molecule has 0 unspecified atom stereocenters. The second-order valence-electron chi connectivity index (χ2n) is 7.22. The Morgan fingerprint density at radius 2 is 2.22 bits per heavy atom. The molecule has 0 radical (unpaired) electrons. The molecule has 2 aliphatic heterocycles. The zero-order valence-electron chi connectivity index (χ0n) is 15.6. The Kier molecular flexibility index (Phi) is 4.99. The zero-order valence-corrected chi connectivity index (χ0v) is 15.6. The van der Waals surface area contributed by atoms with Crippen molar-refractivity contribution in [2.45, 2.75) is 18.4 Å². The summed E-state index contributed by atoms with van der Waals surface area (Å²) in [4.78, 5) is 18.9. The van der Waals surface area contributed by atoms with Gasteiger partial charge in [0.05, 0.1) is 20.2 Å². The van der Waals surface area contributed by atoms with Crippen LogP contribution >= 0.6 is 0 Å². The molecule has 6 heteroatoms. The van der Waals surface area contributed by atoms with E-state index in [1.807, 2.05) is 41.3 Å². The molecule has 1 atom stereocenters. The van der Waals surface area contributed by atoms with E-state index in [1.54, 1.807) is 19.4 Å². The summed E-state index contributed by atoms with van der Waals surface area (Å²) in [6.45, 7) is 2.96. The Bertz CT molecular complexity index is 790. The van der Waals surface area contributed by atoms with Gasteiger partial charge in [0.2, 0.25) is 0 Å². The molecule has 6 nitrogen and oxygen atoms in total. The molecule has 4 rings (SSSR count). The van der Waals surface area contributed by atoms with E-state index in [-0.39, 0.29) is 11.5 Å². The normalized spacial score (nSPS) is 20.3. The lowest BCUT2D eigenvalue weighted by Crippen LogP contribution is -2.66. The Labute approximate surface area is 159 Å². The van der Waals surface area contributed by atoms with Crippen LogP contribution in [0.4, 0.5) is 5.82 Å². The van der Waals surface area contributed by atoms with Gasteiger partial charge in [0.1, 0.15) is 17.2 Å². The number of benzene rings is 1. The minimum Gasteiger partial charge on any atom is -0.497 e. The van der Waals surface area contributed by atoms with E-state index in [1.165, 1.54) is 0 Å². The van der Waals surface area contributed by atoms with Gasteiger partial charge < -0.3 is 19.7 Å². The number of pyridine rings is 1. The van der Waals surface area contributed by atoms with Gasteiger partial charge in [-0.15, -0.1) is 0 Å². The van der Waals surface area contributed by atoms with Crippen LogP contribution in [0.3, 0.4) is 0 Å². The number of amides is 1. The zero-order chi connectivity index (χ0) is 18.7. The summed E-state index contributed by atoms with van der Waals surface area (Å²) in [7, 11) is 1.61. The first-order valence-corrected chi connectivity index (χ1v) is 9.42. The predicted molar refractivity (Wildman–Crippen MR) is 103 cm³/mol. The molecule has 1 N–H and O–H groups in total. The van der Waals surface area contributed by atoms with Gasteiger partial charge in [-0.3, -0.25) is 4.79 Å². The number of methoxy groups -OCH3 is 1. The first kappa shape index (κ1) is 17.8. The largest absolute Gasteiger partial charge is 0.497 e. The van der Waals surface area contributed by atoms with E-state index >= 15 is 0 Å². The van der Waals surface area contributed by atoms with E-state index in [2.05, 4.69) is 10.3 Å². The maximum absolute atomic E-state index is 12.7. The van der Waals surface area contributed by atoms with Crippen molar-refractivity contribution in [2.75, 3.05) is 38.7 Å². The minimum atomic E-state index is -0.180. The Hall–Kier alpha value is -2.60. The minimum absolute atomic E-state index is 0.0420. The van der Waals surface area contributed by atoms with Crippen LogP contribution in [-0.4, -0.2) is 54.7 Å². The number of nitrogens with one attached hydrogen (secondary N) is 1. The molecule has 2 aliphatic rings. The molecule has 0 saturated carbocycles. The fourth-order valence-corrected chi connectivity index (χ4v) is 4.07. The molecule has 1 spiro atoms. The van der Waals surface area contributed by atoms with Crippen molar-refractivity contribution < 1.29 is 14.3 Å². The quantitative estimate of drug-likeness (QED) is 0.851.